The third kappa shape index (κ3) is 7.50. The van der Waals surface area contributed by atoms with Crippen LogP contribution in [0.25, 0.3) is 0 Å². The molecule has 3 aromatic carbocycles. The quantitative estimate of drug-likeness (QED) is 0.293. The second kappa shape index (κ2) is 13.7. The van der Waals surface area contributed by atoms with Crippen LogP contribution in [0.3, 0.4) is 0 Å². The average Bonchev–Trinajstić information content (AvgIpc) is 3.02. The molecule has 3 rings (SSSR count). The summed E-state index contributed by atoms with van der Waals surface area (Å²) in [5.74, 6) is 0.910. The molecule has 0 aliphatic heterocycles. The van der Waals surface area contributed by atoms with Crippen molar-refractivity contribution in [1.82, 2.24) is 0 Å². The maximum Gasteiger partial charge on any atom is 4.00 e. The molecule has 0 N–H and O–H groups in total. The average molecular weight is 498 g/mol. The molecule has 0 spiro atoms. The number of rotatable bonds is 5. The van der Waals surface area contributed by atoms with Gasteiger partial charge in [-0.2, -0.15) is 17.7 Å². The molecular formula is C26H31Cl3Ti. The van der Waals surface area contributed by atoms with Gasteiger partial charge in [0, 0.05) is 0 Å². The van der Waals surface area contributed by atoms with Crippen molar-refractivity contribution in [3.63, 3.8) is 0 Å². The van der Waals surface area contributed by atoms with E-state index in [1.54, 1.807) is 0 Å². The molecule has 0 bridgehead atoms. The number of halogens is 3. The SMILES string of the molecule is CCC(C)c1cc[c-](C(c2cc(C)cc(C)c2)c2cc(C)cc(C)c2)c1.[Cl-].[Cl-].[Cl-].[Ti+4]. The Morgan fingerprint density at radius 2 is 1.10 bits per heavy atom. The zero-order valence-electron chi connectivity index (χ0n) is 18.7. The fourth-order valence-corrected chi connectivity index (χ4v) is 4.13. The van der Waals surface area contributed by atoms with E-state index in [2.05, 4.69) is 96.1 Å². The summed E-state index contributed by atoms with van der Waals surface area (Å²) in [5, 5.41) is 0. The molecular weight excluding hydrogens is 467 g/mol. The van der Waals surface area contributed by atoms with Crippen molar-refractivity contribution >= 4 is 0 Å². The number of benzene rings is 2. The van der Waals surface area contributed by atoms with Gasteiger partial charge in [-0.3, -0.25) is 0 Å². The van der Waals surface area contributed by atoms with Gasteiger partial charge < -0.3 is 37.2 Å². The van der Waals surface area contributed by atoms with Crippen LogP contribution in [0.2, 0.25) is 0 Å². The Labute approximate surface area is 216 Å². The van der Waals surface area contributed by atoms with Crippen molar-refractivity contribution < 1.29 is 58.9 Å². The predicted octanol–water partition coefficient (Wildman–Crippen LogP) is -1.66. The second-order valence-electron chi connectivity index (χ2n) is 8.06. The van der Waals surface area contributed by atoms with E-state index in [-0.39, 0.29) is 58.9 Å². The molecule has 3 aromatic rings. The van der Waals surface area contributed by atoms with Crippen LogP contribution in [0.15, 0.2) is 54.6 Å². The van der Waals surface area contributed by atoms with E-state index in [0.29, 0.717) is 11.8 Å². The predicted molar refractivity (Wildman–Crippen MR) is 114 cm³/mol. The molecule has 0 aliphatic carbocycles. The molecule has 1 unspecified atom stereocenters. The van der Waals surface area contributed by atoms with Crippen LogP contribution in [0.5, 0.6) is 0 Å². The Balaban J connectivity index is 0. The van der Waals surface area contributed by atoms with E-state index in [9.17, 15) is 0 Å². The first kappa shape index (κ1) is 31.6. The van der Waals surface area contributed by atoms with E-state index in [1.807, 2.05) is 0 Å². The molecule has 0 saturated carbocycles. The van der Waals surface area contributed by atoms with Gasteiger partial charge in [-0.1, -0.05) is 84.8 Å². The maximum absolute atomic E-state index is 2.42. The molecule has 30 heavy (non-hydrogen) atoms. The molecule has 160 valence electrons. The van der Waals surface area contributed by atoms with Crippen molar-refractivity contribution in [3.05, 3.63) is 99.1 Å². The summed E-state index contributed by atoms with van der Waals surface area (Å²) < 4.78 is 0. The van der Waals surface area contributed by atoms with E-state index < -0.39 is 0 Å². The molecule has 0 amide bonds. The molecule has 0 radical (unpaired) electrons. The zero-order valence-corrected chi connectivity index (χ0v) is 22.5. The minimum atomic E-state index is 0. The van der Waals surface area contributed by atoms with E-state index >= 15 is 0 Å². The third-order valence-corrected chi connectivity index (χ3v) is 5.47. The molecule has 1 atom stereocenters. The normalized spacial score (nSPS) is 10.9. The summed E-state index contributed by atoms with van der Waals surface area (Å²) in [4.78, 5) is 0. The van der Waals surface area contributed by atoms with Crippen LogP contribution in [0.4, 0.5) is 0 Å². The van der Waals surface area contributed by atoms with Crippen molar-refractivity contribution in [2.75, 3.05) is 0 Å². The van der Waals surface area contributed by atoms with E-state index in [4.69, 9.17) is 0 Å². The first-order valence-corrected chi connectivity index (χ1v) is 9.80. The molecule has 0 saturated heterocycles. The summed E-state index contributed by atoms with van der Waals surface area (Å²) in [6.07, 6.45) is 1.18. The largest absolute Gasteiger partial charge is 4.00 e. The van der Waals surface area contributed by atoms with Gasteiger partial charge in [0.25, 0.3) is 0 Å². The molecule has 0 aliphatic rings. The Morgan fingerprint density at radius 1 is 0.700 bits per heavy atom. The minimum absolute atomic E-state index is 0. The van der Waals surface area contributed by atoms with Crippen LogP contribution in [-0.4, -0.2) is 0 Å². The Hall–Kier alpha value is -0.626. The van der Waals surface area contributed by atoms with Gasteiger partial charge in [0.15, 0.2) is 0 Å². The number of hydrogen-bond acceptors (Lipinski definition) is 0. The summed E-state index contributed by atoms with van der Waals surface area (Å²) in [6.45, 7) is 13.4. The molecule has 0 nitrogen and oxygen atoms in total. The second-order valence-corrected chi connectivity index (χ2v) is 8.06. The zero-order chi connectivity index (χ0) is 18.8. The molecule has 0 aromatic heterocycles. The van der Waals surface area contributed by atoms with Gasteiger partial charge in [-0.25, -0.2) is 6.07 Å². The van der Waals surface area contributed by atoms with Crippen molar-refractivity contribution in [3.8, 4) is 0 Å². The molecule has 0 fully saturated rings. The van der Waals surface area contributed by atoms with Gasteiger partial charge in [-0.15, -0.1) is 5.56 Å². The van der Waals surface area contributed by atoms with Crippen molar-refractivity contribution in [2.45, 2.75) is 59.8 Å². The van der Waals surface area contributed by atoms with E-state index in [0.717, 1.165) is 0 Å². The van der Waals surface area contributed by atoms with Crippen LogP contribution >= 0.6 is 0 Å². The summed E-state index contributed by atoms with van der Waals surface area (Å²) in [6, 6.07) is 21.0. The van der Waals surface area contributed by atoms with Gasteiger partial charge >= 0.3 is 21.7 Å². The first-order valence-electron chi connectivity index (χ1n) is 9.80. The molecule has 0 heterocycles. The van der Waals surface area contributed by atoms with Gasteiger partial charge in [-0.05, 0) is 44.7 Å². The van der Waals surface area contributed by atoms with Gasteiger partial charge in [0.1, 0.15) is 0 Å². The Bertz CT molecular complexity index is 822. The summed E-state index contributed by atoms with van der Waals surface area (Å²) in [5.41, 5.74) is 11.0. The van der Waals surface area contributed by atoms with Crippen molar-refractivity contribution in [2.24, 2.45) is 0 Å². The smallest absolute Gasteiger partial charge is 1.00 e. The molecule has 4 heteroatoms. The van der Waals surface area contributed by atoms with Crippen molar-refractivity contribution in [1.29, 1.82) is 0 Å². The van der Waals surface area contributed by atoms with Gasteiger partial charge in [0.2, 0.25) is 0 Å². The van der Waals surface area contributed by atoms with E-state index in [1.165, 1.54) is 50.9 Å². The minimum Gasteiger partial charge on any atom is -1.00 e. The Morgan fingerprint density at radius 3 is 1.47 bits per heavy atom. The summed E-state index contributed by atoms with van der Waals surface area (Å²) >= 11 is 0. The fourth-order valence-electron chi connectivity index (χ4n) is 4.13. The number of aryl methyl sites for hydroxylation is 4. The first-order chi connectivity index (χ1) is 12.4. The maximum atomic E-state index is 2.42. The van der Waals surface area contributed by atoms with Crippen LogP contribution in [-0.2, 0) is 21.7 Å². The number of hydrogen-bond donors (Lipinski definition) is 0. The van der Waals surface area contributed by atoms with Crippen LogP contribution in [0, 0.1) is 27.7 Å². The topological polar surface area (TPSA) is 0 Å². The third-order valence-electron chi connectivity index (χ3n) is 5.47. The summed E-state index contributed by atoms with van der Waals surface area (Å²) in [7, 11) is 0. The fraction of sp³-hybridized carbons (Fsp3) is 0.346. The van der Waals surface area contributed by atoms with Crippen LogP contribution in [0.1, 0.15) is 76.6 Å². The monoisotopic (exact) mass is 496 g/mol. The van der Waals surface area contributed by atoms with Gasteiger partial charge in [0.05, 0.1) is 0 Å². The standard InChI is InChI=1S/C26H31.3ClH.Ti/c1-7-21(6)22-8-9-23(16-22)26(24-12-17(2)10-18(3)13-24)25-14-19(4)11-20(5)15-25;;;;/h8-16,21,26H,7H2,1-6H3;3*1H;/q-1;;;;+4/p-3. The Kier molecular flexibility index (Phi) is 14.4. The van der Waals surface area contributed by atoms with Crippen LogP contribution < -0.4 is 37.2 Å².